The maximum Gasteiger partial charge on any atom is 0.325 e. The van der Waals surface area contributed by atoms with Crippen molar-refractivity contribution >= 4 is 40.8 Å². The molecule has 0 spiro atoms. The number of anilines is 1. The molecule has 0 saturated carbocycles. The fourth-order valence-electron chi connectivity index (χ4n) is 2.88. The first kappa shape index (κ1) is 20.2. The van der Waals surface area contributed by atoms with E-state index in [0.717, 1.165) is 18.2 Å². The molecular weight excluding hydrogens is 407 g/mol. The van der Waals surface area contributed by atoms with Crippen LogP contribution in [0.3, 0.4) is 0 Å². The van der Waals surface area contributed by atoms with Gasteiger partial charge in [-0.1, -0.05) is 23.7 Å². The average Bonchev–Trinajstić information content (AvgIpc) is 2.88. The molecule has 0 unspecified atom stereocenters. The molecule has 11 heteroatoms. The summed E-state index contributed by atoms with van der Waals surface area (Å²) < 4.78 is 13.8. The second-order valence-corrected chi connectivity index (χ2v) is 6.86. The number of rotatable bonds is 5. The number of non-ortho nitro benzene ring substituents is 1. The molecule has 0 bridgehead atoms. The Morgan fingerprint density at radius 3 is 2.55 bits per heavy atom. The Morgan fingerprint density at radius 2 is 1.93 bits per heavy atom. The van der Waals surface area contributed by atoms with Crippen LogP contribution in [0.25, 0.3) is 0 Å². The van der Waals surface area contributed by atoms with Crippen LogP contribution >= 0.6 is 11.6 Å². The Balaban J connectivity index is 1.77. The number of carbonyl (C=O) groups is 3. The van der Waals surface area contributed by atoms with E-state index >= 15 is 0 Å². The van der Waals surface area contributed by atoms with E-state index in [9.17, 15) is 28.9 Å². The maximum atomic E-state index is 13.8. The van der Waals surface area contributed by atoms with Crippen molar-refractivity contribution < 1.29 is 23.7 Å². The van der Waals surface area contributed by atoms with Crippen molar-refractivity contribution in [2.75, 3.05) is 11.9 Å². The van der Waals surface area contributed by atoms with E-state index in [1.165, 1.54) is 6.92 Å². The summed E-state index contributed by atoms with van der Waals surface area (Å²) in [7, 11) is 0. The zero-order valence-electron chi connectivity index (χ0n) is 14.9. The van der Waals surface area contributed by atoms with E-state index in [4.69, 9.17) is 11.6 Å². The first-order valence-corrected chi connectivity index (χ1v) is 8.63. The fraction of sp³-hybridized carbons (Fsp3) is 0.167. The van der Waals surface area contributed by atoms with Crippen LogP contribution in [0, 0.1) is 15.9 Å². The van der Waals surface area contributed by atoms with Crippen LogP contribution in [0.2, 0.25) is 5.02 Å². The molecule has 9 nitrogen and oxygen atoms in total. The summed E-state index contributed by atoms with van der Waals surface area (Å²) in [6.45, 7) is 0.782. The average molecular weight is 421 g/mol. The molecular formula is C18H14ClFN4O5. The lowest BCUT2D eigenvalue weighted by molar-refractivity contribution is -0.384. The van der Waals surface area contributed by atoms with Crippen LogP contribution in [0.15, 0.2) is 42.5 Å². The van der Waals surface area contributed by atoms with E-state index in [1.54, 1.807) is 24.3 Å². The number of hydrogen-bond donors (Lipinski definition) is 2. The molecule has 0 radical (unpaired) electrons. The molecule has 1 heterocycles. The monoisotopic (exact) mass is 420 g/mol. The molecule has 2 aromatic carbocycles. The topological polar surface area (TPSA) is 122 Å². The minimum absolute atomic E-state index is 0.424. The number of halogens is 2. The standard InChI is InChI=1S/C18H14ClFN4O5/c1-18(10-2-4-11(19)5-3-10)16(26)23(17(27)22-18)9-15(25)21-14-8-12(24(28)29)6-7-13(14)20/h2-8H,9H2,1H3,(H,21,25)(H,22,27)/t18-/m1/s1. The predicted molar refractivity (Wildman–Crippen MR) is 101 cm³/mol. The van der Waals surface area contributed by atoms with Gasteiger partial charge in [0.25, 0.3) is 11.6 Å². The minimum Gasteiger partial charge on any atom is -0.322 e. The van der Waals surface area contributed by atoms with Gasteiger partial charge in [0.05, 0.1) is 10.6 Å². The molecule has 1 aliphatic heterocycles. The molecule has 1 atom stereocenters. The van der Waals surface area contributed by atoms with Gasteiger partial charge in [0.2, 0.25) is 5.91 Å². The second-order valence-electron chi connectivity index (χ2n) is 6.42. The fourth-order valence-corrected chi connectivity index (χ4v) is 3.00. The van der Waals surface area contributed by atoms with E-state index in [0.29, 0.717) is 15.5 Å². The first-order chi connectivity index (χ1) is 13.6. The third-order valence-corrected chi connectivity index (χ3v) is 4.69. The Hall–Kier alpha value is -3.53. The number of nitro groups is 1. The van der Waals surface area contributed by atoms with Gasteiger partial charge in [0.15, 0.2) is 0 Å². The number of carbonyl (C=O) groups excluding carboxylic acids is 3. The second kappa shape index (κ2) is 7.47. The van der Waals surface area contributed by atoms with Crippen molar-refractivity contribution in [3.05, 3.63) is 69.0 Å². The summed E-state index contributed by atoms with van der Waals surface area (Å²) in [4.78, 5) is 48.0. The van der Waals surface area contributed by atoms with Gasteiger partial charge in [-0.3, -0.25) is 24.6 Å². The molecule has 29 heavy (non-hydrogen) atoms. The number of imide groups is 1. The quantitative estimate of drug-likeness (QED) is 0.437. The number of nitrogens with zero attached hydrogens (tertiary/aromatic N) is 2. The molecule has 0 aromatic heterocycles. The molecule has 1 saturated heterocycles. The largest absolute Gasteiger partial charge is 0.325 e. The molecule has 4 amide bonds. The Morgan fingerprint density at radius 1 is 1.28 bits per heavy atom. The highest BCUT2D eigenvalue weighted by molar-refractivity contribution is 6.30. The molecule has 150 valence electrons. The van der Waals surface area contributed by atoms with Gasteiger partial charge in [-0.25, -0.2) is 9.18 Å². The van der Waals surface area contributed by atoms with E-state index in [-0.39, 0.29) is 0 Å². The Kier molecular flexibility index (Phi) is 5.21. The van der Waals surface area contributed by atoms with Crippen molar-refractivity contribution in [3.8, 4) is 0 Å². The molecule has 2 aromatic rings. The van der Waals surface area contributed by atoms with Crippen molar-refractivity contribution in [2.24, 2.45) is 0 Å². The van der Waals surface area contributed by atoms with Gasteiger partial charge >= 0.3 is 6.03 Å². The summed E-state index contributed by atoms with van der Waals surface area (Å²) >= 11 is 5.84. The van der Waals surface area contributed by atoms with Gasteiger partial charge in [0, 0.05) is 17.2 Å². The van der Waals surface area contributed by atoms with Crippen LogP contribution in [-0.4, -0.2) is 34.2 Å². The lowest BCUT2D eigenvalue weighted by Gasteiger charge is -2.22. The Bertz CT molecular complexity index is 1030. The summed E-state index contributed by atoms with van der Waals surface area (Å²) in [5.74, 6) is -2.47. The lowest BCUT2D eigenvalue weighted by Crippen LogP contribution is -2.42. The van der Waals surface area contributed by atoms with Crippen molar-refractivity contribution in [1.29, 1.82) is 0 Å². The predicted octanol–water partition coefficient (Wildman–Crippen LogP) is 2.79. The number of nitrogens with one attached hydrogen (secondary N) is 2. The molecule has 0 aliphatic carbocycles. The summed E-state index contributed by atoms with van der Waals surface area (Å²) in [5, 5.41) is 15.9. The van der Waals surface area contributed by atoms with Gasteiger partial charge in [-0.15, -0.1) is 0 Å². The summed E-state index contributed by atoms with van der Waals surface area (Å²) in [6, 6.07) is 8.08. The number of benzene rings is 2. The zero-order valence-corrected chi connectivity index (χ0v) is 15.7. The summed E-state index contributed by atoms with van der Waals surface area (Å²) in [6.07, 6.45) is 0. The molecule has 2 N–H and O–H groups in total. The smallest absolute Gasteiger partial charge is 0.322 e. The van der Waals surface area contributed by atoms with Crippen LogP contribution in [0.1, 0.15) is 12.5 Å². The van der Waals surface area contributed by atoms with Crippen LogP contribution in [0.5, 0.6) is 0 Å². The number of nitro benzene ring substituents is 1. The van der Waals surface area contributed by atoms with Crippen LogP contribution in [-0.2, 0) is 15.1 Å². The highest BCUT2D eigenvalue weighted by atomic mass is 35.5. The van der Waals surface area contributed by atoms with Crippen LogP contribution in [0.4, 0.5) is 20.6 Å². The Labute approximate surface area is 168 Å². The highest BCUT2D eigenvalue weighted by Gasteiger charge is 2.49. The van der Waals surface area contributed by atoms with Gasteiger partial charge in [-0.05, 0) is 30.7 Å². The van der Waals surface area contributed by atoms with Crippen molar-refractivity contribution in [2.45, 2.75) is 12.5 Å². The summed E-state index contributed by atoms with van der Waals surface area (Å²) in [5.41, 5.74) is -1.80. The van der Waals surface area contributed by atoms with Gasteiger partial charge in [-0.2, -0.15) is 0 Å². The normalized spacial score (nSPS) is 18.5. The number of urea groups is 1. The SMILES string of the molecule is C[C@]1(c2ccc(Cl)cc2)NC(=O)N(CC(=O)Nc2cc([N+](=O)[O-])ccc2F)C1=O. The van der Waals surface area contributed by atoms with E-state index < -0.39 is 52.0 Å². The van der Waals surface area contributed by atoms with E-state index in [2.05, 4.69) is 10.6 Å². The van der Waals surface area contributed by atoms with Gasteiger partial charge < -0.3 is 10.6 Å². The zero-order chi connectivity index (χ0) is 21.3. The maximum absolute atomic E-state index is 13.8. The first-order valence-electron chi connectivity index (χ1n) is 8.26. The molecule has 3 rings (SSSR count). The third kappa shape index (κ3) is 3.87. The van der Waals surface area contributed by atoms with Gasteiger partial charge in [0.1, 0.15) is 17.9 Å². The molecule has 1 aliphatic rings. The molecule has 1 fully saturated rings. The van der Waals surface area contributed by atoms with Crippen molar-refractivity contribution in [3.63, 3.8) is 0 Å². The van der Waals surface area contributed by atoms with Crippen molar-refractivity contribution in [1.82, 2.24) is 10.2 Å². The lowest BCUT2D eigenvalue weighted by atomic mass is 9.92. The number of amides is 4. The number of hydrogen-bond acceptors (Lipinski definition) is 5. The third-order valence-electron chi connectivity index (χ3n) is 4.43. The van der Waals surface area contributed by atoms with Crippen LogP contribution < -0.4 is 10.6 Å². The van der Waals surface area contributed by atoms with E-state index in [1.807, 2.05) is 0 Å². The minimum atomic E-state index is -1.40. The highest BCUT2D eigenvalue weighted by Crippen LogP contribution is 2.29.